The van der Waals surface area contributed by atoms with Crippen molar-refractivity contribution in [3.63, 3.8) is 0 Å². The quantitative estimate of drug-likeness (QED) is 0.220. The second kappa shape index (κ2) is 12.0. The molecule has 3 aromatic carbocycles. The first kappa shape index (κ1) is 26.5. The van der Waals surface area contributed by atoms with E-state index in [1.807, 2.05) is 66.7 Å². The zero-order valence-corrected chi connectivity index (χ0v) is 23.0. The van der Waals surface area contributed by atoms with Gasteiger partial charge in [0.2, 0.25) is 5.91 Å². The molecule has 0 aromatic heterocycles. The Morgan fingerprint density at radius 2 is 1.11 bits per heavy atom. The molecule has 3 heteroatoms. The van der Waals surface area contributed by atoms with Gasteiger partial charge in [-0.05, 0) is 57.7 Å². The standard InChI is InChI=1S/C32H39NOSi/c1-25(2)35(26(3)4,27(5)6)31(28-17-10-7-11-18-28)23-16-24-32(34)33(29-19-12-8-13-20-29)30-21-14-9-15-22-30/h7-22,25-27H,24H2,1-6H3. The molecule has 0 bridgehead atoms. The summed E-state index contributed by atoms with van der Waals surface area (Å²) >= 11 is 0. The molecule has 35 heavy (non-hydrogen) atoms. The number of benzene rings is 3. The smallest absolute Gasteiger partial charge is 0.235 e. The van der Waals surface area contributed by atoms with E-state index in [9.17, 15) is 4.79 Å². The summed E-state index contributed by atoms with van der Waals surface area (Å²) in [5.74, 6) is 0.0354. The second-order valence-electron chi connectivity index (χ2n) is 10.1. The molecule has 182 valence electrons. The molecular weight excluding hydrogens is 442 g/mol. The SMILES string of the molecule is CC(C)[Si](C(=C=CCC(=O)N(c1ccccc1)c1ccccc1)c1ccccc1)(C(C)C)C(C)C. The third-order valence-electron chi connectivity index (χ3n) is 7.16. The lowest BCUT2D eigenvalue weighted by molar-refractivity contribution is -0.117. The molecule has 0 fully saturated rings. The van der Waals surface area contributed by atoms with Gasteiger partial charge in [0.1, 0.15) is 8.07 Å². The summed E-state index contributed by atoms with van der Waals surface area (Å²) in [6.45, 7) is 14.2. The Bertz CT molecular complexity index is 1080. The first-order chi connectivity index (χ1) is 16.8. The maximum Gasteiger partial charge on any atom is 0.235 e. The predicted octanol–water partition coefficient (Wildman–Crippen LogP) is 9.20. The number of hydrogen-bond donors (Lipinski definition) is 0. The highest BCUT2D eigenvalue weighted by Crippen LogP contribution is 2.49. The van der Waals surface area contributed by atoms with E-state index in [0.29, 0.717) is 23.0 Å². The summed E-state index contributed by atoms with van der Waals surface area (Å²) in [6, 6.07) is 30.4. The number of rotatable bonds is 9. The van der Waals surface area contributed by atoms with Crippen molar-refractivity contribution >= 4 is 30.6 Å². The summed E-state index contributed by atoms with van der Waals surface area (Å²) < 4.78 is 0. The molecule has 0 atom stereocenters. The number of nitrogens with zero attached hydrogens (tertiary/aromatic N) is 1. The minimum Gasteiger partial charge on any atom is -0.281 e. The van der Waals surface area contributed by atoms with E-state index in [-0.39, 0.29) is 5.91 Å². The van der Waals surface area contributed by atoms with Gasteiger partial charge in [-0.2, -0.15) is 0 Å². The van der Waals surface area contributed by atoms with Gasteiger partial charge in [0, 0.05) is 11.4 Å². The van der Waals surface area contributed by atoms with Crippen molar-refractivity contribution in [2.45, 2.75) is 64.6 Å². The summed E-state index contributed by atoms with van der Waals surface area (Å²) in [4.78, 5) is 15.4. The molecule has 0 N–H and O–H groups in total. The Labute approximate surface area is 213 Å². The van der Waals surface area contributed by atoms with Crippen molar-refractivity contribution in [2.24, 2.45) is 0 Å². The molecular formula is C32H39NOSi. The summed E-state index contributed by atoms with van der Waals surface area (Å²) in [6.07, 6.45) is 2.26. The van der Waals surface area contributed by atoms with Crippen LogP contribution in [-0.4, -0.2) is 14.0 Å². The molecule has 2 nitrogen and oxygen atoms in total. The van der Waals surface area contributed by atoms with Crippen LogP contribution in [0.2, 0.25) is 16.6 Å². The minimum absolute atomic E-state index is 0.0354. The third-order valence-corrected chi connectivity index (χ3v) is 14.2. The van der Waals surface area contributed by atoms with E-state index < -0.39 is 8.07 Å². The molecule has 0 heterocycles. The van der Waals surface area contributed by atoms with Crippen LogP contribution in [0.1, 0.15) is 53.5 Å². The highest BCUT2D eigenvalue weighted by molar-refractivity contribution is 6.99. The minimum atomic E-state index is -1.98. The molecule has 0 aliphatic rings. The van der Waals surface area contributed by atoms with E-state index in [1.54, 1.807) is 4.90 Å². The number of hydrogen-bond acceptors (Lipinski definition) is 1. The highest BCUT2D eigenvalue weighted by atomic mass is 28.3. The maximum atomic E-state index is 13.6. The van der Waals surface area contributed by atoms with E-state index >= 15 is 0 Å². The molecule has 0 aliphatic heterocycles. The number of anilines is 2. The van der Waals surface area contributed by atoms with Crippen molar-refractivity contribution in [1.29, 1.82) is 0 Å². The first-order valence-electron chi connectivity index (χ1n) is 12.7. The van der Waals surface area contributed by atoms with Crippen molar-refractivity contribution in [1.82, 2.24) is 0 Å². The van der Waals surface area contributed by atoms with E-state index in [2.05, 4.69) is 77.6 Å². The second-order valence-corrected chi connectivity index (χ2v) is 15.9. The first-order valence-corrected chi connectivity index (χ1v) is 15.0. The summed E-state index contributed by atoms with van der Waals surface area (Å²) in [7, 11) is -1.98. The van der Waals surface area contributed by atoms with E-state index in [1.165, 1.54) is 10.8 Å². The molecule has 0 spiro atoms. The molecule has 0 aliphatic carbocycles. The lowest BCUT2D eigenvalue weighted by Gasteiger charge is -2.44. The molecule has 3 rings (SSSR count). The Kier molecular flexibility index (Phi) is 9.09. The monoisotopic (exact) mass is 481 g/mol. The van der Waals surface area contributed by atoms with Gasteiger partial charge in [-0.15, -0.1) is 5.73 Å². The average molecular weight is 482 g/mol. The van der Waals surface area contributed by atoms with Gasteiger partial charge < -0.3 is 0 Å². The van der Waals surface area contributed by atoms with Gasteiger partial charge >= 0.3 is 0 Å². The lowest BCUT2D eigenvalue weighted by Crippen LogP contribution is -2.45. The topological polar surface area (TPSA) is 20.3 Å². The van der Waals surface area contributed by atoms with Crippen LogP contribution >= 0.6 is 0 Å². The van der Waals surface area contributed by atoms with Crippen LogP contribution in [0, 0.1) is 0 Å². The van der Waals surface area contributed by atoms with Crippen LogP contribution in [0.4, 0.5) is 11.4 Å². The predicted molar refractivity (Wildman–Crippen MR) is 154 cm³/mol. The molecule has 0 unspecified atom stereocenters. The third kappa shape index (κ3) is 5.75. The van der Waals surface area contributed by atoms with Crippen LogP contribution in [0.15, 0.2) is 103 Å². The fourth-order valence-corrected chi connectivity index (χ4v) is 12.6. The average Bonchev–Trinajstić information content (AvgIpc) is 2.85. The van der Waals surface area contributed by atoms with Crippen LogP contribution < -0.4 is 4.90 Å². The summed E-state index contributed by atoms with van der Waals surface area (Å²) in [5, 5.41) is 1.33. The van der Waals surface area contributed by atoms with Crippen LogP contribution in [0.3, 0.4) is 0 Å². The summed E-state index contributed by atoms with van der Waals surface area (Å²) in [5.41, 5.74) is 8.37. The Morgan fingerprint density at radius 1 is 0.714 bits per heavy atom. The normalized spacial score (nSPS) is 11.5. The van der Waals surface area contributed by atoms with Crippen molar-refractivity contribution in [2.75, 3.05) is 4.90 Å². The van der Waals surface area contributed by atoms with Gasteiger partial charge in [0.25, 0.3) is 0 Å². The zero-order valence-electron chi connectivity index (χ0n) is 22.0. The maximum absolute atomic E-state index is 13.6. The van der Waals surface area contributed by atoms with Gasteiger partial charge in [0.15, 0.2) is 0 Å². The molecule has 3 aromatic rings. The van der Waals surface area contributed by atoms with Crippen molar-refractivity contribution < 1.29 is 4.79 Å². The van der Waals surface area contributed by atoms with Gasteiger partial charge in [0.05, 0.1) is 6.42 Å². The Morgan fingerprint density at radius 3 is 1.51 bits per heavy atom. The molecule has 0 saturated heterocycles. The molecule has 0 saturated carbocycles. The number of para-hydroxylation sites is 2. The Balaban J connectivity index is 2.08. The fourth-order valence-electron chi connectivity index (χ4n) is 5.85. The number of carbonyl (C=O) groups is 1. The van der Waals surface area contributed by atoms with Crippen molar-refractivity contribution in [3.05, 3.63) is 108 Å². The Hall–Kier alpha value is -3.13. The zero-order chi connectivity index (χ0) is 25.4. The van der Waals surface area contributed by atoms with Crippen LogP contribution in [-0.2, 0) is 4.79 Å². The number of amides is 1. The highest BCUT2D eigenvalue weighted by Gasteiger charge is 2.46. The number of carbonyl (C=O) groups excluding carboxylic acids is 1. The largest absolute Gasteiger partial charge is 0.281 e. The van der Waals surface area contributed by atoms with Gasteiger partial charge in [-0.3, -0.25) is 9.69 Å². The fraction of sp³-hybridized carbons (Fsp3) is 0.312. The molecule has 1 amide bonds. The lowest BCUT2D eigenvalue weighted by atomic mass is 10.2. The van der Waals surface area contributed by atoms with Crippen molar-refractivity contribution in [3.8, 4) is 0 Å². The van der Waals surface area contributed by atoms with Crippen LogP contribution in [0.25, 0.3) is 5.20 Å². The van der Waals surface area contributed by atoms with E-state index in [4.69, 9.17) is 0 Å². The van der Waals surface area contributed by atoms with E-state index in [0.717, 1.165) is 11.4 Å². The van der Waals surface area contributed by atoms with Gasteiger partial charge in [-0.25, -0.2) is 0 Å². The van der Waals surface area contributed by atoms with Crippen LogP contribution in [0.5, 0.6) is 0 Å². The van der Waals surface area contributed by atoms with Gasteiger partial charge in [-0.1, -0.05) is 108 Å². The molecule has 0 radical (unpaired) electrons.